The fraction of sp³-hybridized carbons (Fsp3) is 0.500. The van der Waals surface area contributed by atoms with Gasteiger partial charge in [-0.05, 0) is 43.5 Å². The summed E-state index contributed by atoms with van der Waals surface area (Å²) in [5.41, 5.74) is 4.06. The highest BCUT2D eigenvalue weighted by Crippen LogP contribution is 2.48. The minimum atomic E-state index is -4.47. The maximum Gasteiger partial charge on any atom is 0.459 e. The van der Waals surface area contributed by atoms with Gasteiger partial charge >= 0.3 is 25.7 Å². The number of aliphatic carboxylic acids is 1. The van der Waals surface area contributed by atoms with Crippen molar-refractivity contribution in [1.82, 2.24) is 19.7 Å². The van der Waals surface area contributed by atoms with Crippen LogP contribution in [-0.4, -0.2) is 80.3 Å². The lowest BCUT2D eigenvalue weighted by atomic mass is 9.92. The number of nitrogen functional groups attached to an aromatic ring is 1. The Balaban J connectivity index is 1.63. The molecule has 0 radical (unpaired) electrons. The number of rotatable bonds is 18. The van der Waals surface area contributed by atoms with Crippen molar-refractivity contribution in [3.63, 3.8) is 0 Å². The fourth-order valence-electron chi connectivity index (χ4n) is 5.29. The van der Waals surface area contributed by atoms with E-state index < -0.39 is 62.2 Å². The van der Waals surface area contributed by atoms with Crippen LogP contribution in [0.3, 0.4) is 0 Å². The maximum absolute atomic E-state index is 14.2. The number of anilines is 1. The number of aliphatic hydroxyl groups is 1. The first kappa shape index (κ1) is 38.2. The number of carboxylic acids is 1. The molecule has 1 aromatic carbocycles. The average Bonchev–Trinajstić information content (AvgIpc) is 3.64. The SMILES string of the molecule is CCC(CC)COC(=O)[C@H](C)N[P@](=O)(OC[C@H]1O[C@@](C#N)(c2ccc3c(N)ncnn23)[C@H](O)[C@@H]1OC(=O)CCCC(=O)O)Oc1ccccc1. The van der Waals surface area contributed by atoms with E-state index in [-0.39, 0.29) is 49.0 Å². The number of carbonyl (C=O) groups excluding carboxylic acids is 2. The zero-order chi connectivity index (χ0) is 36.5. The van der Waals surface area contributed by atoms with E-state index in [0.29, 0.717) is 5.52 Å². The van der Waals surface area contributed by atoms with Crippen LogP contribution in [0.4, 0.5) is 5.82 Å². The summed E-state index contributed by atoms with van der Waals surface area (Å²) in [4.78, 5) is 40.6. The van der Waals surface area contributed by atoms with Gasteiger partial charge in [-0.3, -0.25) is 18.9 Å². The second kappa shape index (κ2) is 16.9. The molecular formula is C32H41N6O11P. The standard InChI is InChI=1S/C32H41N6O11P/c1-4-21(5-2)16-45-31(43)20(3)37-50(44,49-22-10-7-6-8-11-22)46-17-24-28(47-27(41)13-9-12-26(39)40)29(42)32(18-33,48-24)25-15-14-23-30(34)35-19-36-38(23)25/h6-8,10-11,14-15,19-21,24,28-29,42H,4-5,9,12-13,16-17H2,1-3H3,(H,37,44)(H,39,40)(H2,34,35,36)/t20-,24+,28+,29+,32-,50-/m0/s1. The highest BCUT2D eigenvalue weighted by atomic mass is 31.2. The molecule has 0 aliphatic carbocycles. The number of aliphatic hydroxyl groups excluding tert-OH is 1. The highest BCUT2D eigenvalue weighted by molar-refractivity contribution is 7.52. The lowest BCUT2D eigenvalue weighted by molar-refractivity contribution is -0.156. The Bertz CT molecular complexity index is 1730. The molecule has 1 saturated heterocycles. The molecule has 1 aliphatic heterocycles. The molecule has 50 heavy (non-hydrogen) atoms. The normalized spacial score (nSPS) is 22.0. The van der Waals surface area contributed by atoms with Crippen molar-refractivity contribution in [2.24, 2.45) is 5.92 Å². The van der Waals surface area contributed by atoms with Crippen molar-refractivity contribution < 1.29 is 52.4 Å². The number of para-hydroxylation sites is 1. The third-order valence-electron chi connectivity index (χ3n) is 8.20. The minimum Gasteiger partial charge on any atom is -0.481 e. The molecule has 18 heteroatoms. The molecule has 270 valence electrons. The summed E-state index contributed by atoms with van der Waals surface area (Å²) in [6.07, 6.45) is -2.87. The van der Waals surface area contributed by atoms with Gasteiger partial charge in [0.25, 0.3) is 0 Å². The van der Waals surface area contributed by atoms with Crippen LogP contribution in [0.15, 0.2) is 48.8 Å². The smallest absolute Gasteiger partial charge is 0.459 e. The summed E-state index contributed by atoms with van der Waals surface area (Å²) in [5, 5.41) is 37.8. The molecular weight excluding hydrogens is 675 g/mol. The molecule has 0 spiro atoms. The summed E-state index contributed by atoms with van der Waals surface area (Å²) >= 11 is 0. The van der Waals surface area contributed by atoms with Gasteiger partial charge in [0, 0.05) is 12.8 Å². The summed E-state index contributed by atoms with van der Waals surface area (Å²) in [6, 6.07) is 11.7. The second-order valence-electron chi connectivity index (χ2n) is 11.7. The average molecular weight is 717 g/mol. The molecule has 0 amide bonds. The molecule has 5 N–H and O–H groups in total. The van der Waals surface area contributed by atoms with Gasteiger partial charge in [0.1, 0.15) is 41.9 Å². The van der Waals surface area contributed by atoms with Crippen LogP contribution in [0.5, 0.6) is 5.75 Å². The maximum atomic E-state index is 14.2. The molecule has 3 heterocycles. The number of nitrogens with two attached hydrogens (primary N) is 1. The number of carboxylic acid groups (broad SMARTS) is 1. The quantitative estimate of drug-likeness (QED) is 0.109. The number of aromatic nitrogens is 3. The van der Waals surface area contributed by atoms with Crippen molar-refractivity contribution in [2.75, 3.05) is 18.9 Å². The number of carbonyl (C=O) groups is 3. The van der Waals surface area contributed by atoms with Crippen LogP contribution in [0.2, 0.25) is 0 Å². The molecule has 2 aromatic heterocycles. The van der Waals surface area contributed by atoms with E-state index in [4.69, 9.17) is 34.1 Å². The van der Waals surface area contributed by atoms with E-state index in [9.17, 15) is 29.3 Å². The lowest BCUT2D eigenvalue weighted by Crippen LogP contribution is -2.43. The molecule has 0 bridgehead atoms. The van der Waals surface area contributed by atoms with Gasteiger partial charge in [0.15, 0.2) is 11.9 Å². The van der Waals surface area contributed by atoms with Crippen LogP contribution in [-0.2, 0) is 43.3 Å². The van der Waals surface area contributed by atoms with Crippen molar-refractivity contribution in [1.29, 1.82) is 5.26 Å². The lowest BCUT2D eigenvalue weighted by Gasteiger charge is -2.26. The minimum absolute atomic E-state index is 0.0155. The predicted molar refractivity (Wildman–Crippen MR) is 175 cm³/mol. The molecule has 4 rings (SSSR count). The number of benzene rings is 1. The number of esters is 2. The van der Waals surface area contributed by atoms with Crippen molar-refractivity contribution in [2.45, 2.75) is 82.8 Å². The van der Waals surface area contributed by atoms with Gasteiger partial charge in [-0.1, -0.05) is 44.9 Å². The summed E-state index contributed by atoms with van der Waals surface area (Å²) in [7, 11) is -4.47. The number of hydrogen-bond acceptors (Lipinski definition) is 14. The Morgan fingerprint density at radius 2 is 1.90 bits per heavy atom. The van der Waals surface area contributed by atoms with Crippen LogP contribution >= 0.6 is 7.75 Å². The fourth-order valence-corrected chi connectivity index (χ4v) is 6.79. The Morgan fingerprint density at radius 1 is 1.18 bits per heavy atom. The number of nitrogens with zero attached hydrogens (tertiary/aromatic N) is 4. The van der Waals surface area contributed by atoms with E-state index in [1.54, 1.807) is 18.2 Å². The van der Waals surface area contributed by atoms with Crippen LogP contribution < -0.4 is 15.3 Å². The largest absolute Gasteiger partial charge is 0.481 e. The van der Waals surface area contributed by atoms with Gasteiger partial charge < -0.3 is 34.7 Å². The second-order valence-corrected chi connectivity index (χ2v) is 13.4. The van der Waals surface area contributed by atoms with Crippen LogP contribution in [0.1, 0.15) is 58.6 Å². The zero-order valence-electron chi connectivity index (χ0n) is 27.8. The van der Waals surface area contributed by atoms with Gasteiger partial charge in [0.2, 0.25) is 5.60 Å². The van der Waals surface area contributed by atoms with E-state index in [2.05, 4.69) is 15.2 Å². The first-order valence-electron chi connectivity index (χ1n) is 16.1. The molecule has 17 nitrogen and oxygen atoms in total. The summed E-state index contributed by atoms with van der Waals surface area (Å²) < 4.78 is 44.1. The van der Waals surface area contributed by atoms with Gasteiger partial charge in [0.05, 0.1) is 18.9 Å². The van der Waals surface area contributed by atoms with E-state index >= 15 is 0 Å². The molecule has 0 unspecified atom stereocenters. The summed E-state index contributed by atoms with van der Waals surface area (Å²) in [5.74, 6) is -2.37. The Morgan fingerprint density at radius 3 is 2.56 bits per heavy atom. The highest BCUT2D eigenvalue weighted by Gasteiger charge is 2.60. The molecule has 1 aliphatic rings. The Kier molecular flexibility index (Phi) is 12.9. The number of nitriles is 1. The Labute approximate surface area is 288 Å². The zero-order valence-corrected chi connectivity index (χ0v) is 28.7. The number of fused-ring (bicyclic) bond motifs is 1. The van der Waals surface area contributed by atoms with Gasteiger partial charge in [-0.25, -0.2) is 14.1 Å². The van der Waals surface area contributed by atoms with E-state index in [1.807, 2.05) is 19.9 Å². The number of ether oxygens (including phenoxy) is 3. The van der Waals surface area contributed by atoms with Crippen molar-refractivity contribution in [3.8, 4) is 11.8 Å². The van der Waals surface area contributed by atoms with Crippen LogP contribution in [0, 0.1) is 17.2 Å². The van der Waals surface area contributed by atoms with E-state index in [1.165, 1.54) is 35.7 Å². The van der Waals surface area contributed by atoms with E-state index in [0.717, 1.165) is 19.2 Å². The molecule has 1 fully saturated rings. The molecule has 3 aromatic rings. The molecule has 6 atom stereocenters. The van der Waals surface area contributed by atoms with Crippen molar-refractivity contribution in [3.05, 3.63) is 54.5 Å². The predicted octanol–water partition coefficient (Wildman–Crippen LogP) is 3.12. The van der Waals surface area contributed by atoms with Crippen molar-refractivity contribution >= 4 is 37.0 Å². The number of hydrogen-bond donors (Lipinski definition) is 4. The van der Waals surface area contributed by atoms with Gasteiger partial charge in [-0.15, -0.1) is 0 Å². The first-order chi connectivity index (χ1) is 23.9. The Hall–Kier alpha value is -4.59. The summed E-state index contributed by atoms with van der Waals surface area (Å²) in [6.45, 7) is 4.84. The van der Waals surface area contributed by atoms with Crippen LogP contribution in [0.25, 0.3) is 5.52 Å². The monoisotopic (exact) mass is 716 g/mol. The molecule has 0 saturated carbocycles. The first-order valence-corrected chi connectivity index (χ1v) is 17.6. The third kappa shape index (κ3) is 8.95. The topological polar surface area (TPSA) is 247 Å². The number of nitrogens with one attached hydrogen (secondary N) is 1. The third-order valence-corrected chi connectivity index (χ3v) is 9.84. The van der Waals surface area contributed by atoms with Gasteiger partial charge in [-0.2, -0.15) is 15.4 Å².